The minimum Gasteiger partial charge on any atom is -0.455 e. The second kappa shape index (κ2) is 9.08. The third kappa shape index (κ3) is 5.90. The van der Waals surface area contributed by atoms with Crippen molar-refractivity contribution in [3.63, 3.8) is 0 Å². The number of aromatic nitrogens is 1. The Morgan fingerprint density at radius 2 is 1.73 bits per heavy atom. The summed E-state index contributed by atoms with van der Waals surface area (Å²) < 4.78 is 42.9. The van der Waals surface area contributed by atoms with Crippen LogP contribution in [-0.4, -0.2) is 23.5 Å². The number of ether oxygens (including phenoxy) is 1. The molecule has 0 atom stereocenters. The van der Waals surface area contributed by atoms with Crippen LogP contribution in [0.4, 0.5) is 18.9 Å². The molecular weight excluding hydrogens is 417 g/mol. The van der Waals surface area contributed by atoms with Gasteiger partial charge in [-0.25, -0.2) is 4.98 Å². The molecule has 30 heavy (non-hydrogen) atoms. The SMILES string of the molecule is Cc1ccc(NC(=O)COC(=O)Cc2csc(-c3ccc(C(F)(F)F)cc3)n2)cc1. The molecule has 3 rings (SSSR count). The second-order valence-electron chi connectivity index (χ2n) is 6.47. The standard InChI is InChI=1S/C21H17F3N2O3S/c1-13-2-8-16(9-3-13)25-18(27)11-29-19(28)10-17-12-30-20(26-17)14-4-6-15(7-5-14)21(22,23)24/h2-9,12H,10-11H2,1H3,(H,25,27). The van der Waals surface area contributed by atoms with E-state index in [-0.39, 0.29) is 6.42 Å². The summed E-state index contributed by atoms with van der Waals surface area (Å²) >= 11 is 1.21. The molecule has 0 aliphatic rings. The molecule has 1 amide bonds. The smallest absolute Gasteiger partial charge is 0.416 e. The molecule has 0 aliphatic carbocycles. The number of rotatable bonds is 6. The summed E-state index contributed by atoms with van der Waals surface area (Å²) in [6.07, 6.45) is -4.54. The predicted octanol–water partition coefficient (Wildman–Crippen LogP) is 4.86. The highest BCUT2D eigenvalue weighted by Crippen LogP contribution is 2.31. The Morgan fingerprint density at radius 3 is 2.37 bits per heavy atom. The molecule has 1 N–H and O–H groups in total. The molecule has 156 valence electrons. The zero-order valence-corrected chi connectivity index (χ0v) is 16.6. The molecule has 3 aromatic rings. The van der Waals surface area contributed by atoms with Crippen molar-refractivity contribution in [1.29, 1.82) is 0 Å². The van der Waals surface area contributed by atoms with Crippen molar-refractivity contribution in [2.75, 3.05) is 11.9 Å². The predicted molar refractivity (Wildman–Crippen MR) is 107 cm³/mol. The number of alkyl halides is 3. The first-order valence-electron chi connectivity index (χ1n) is 8.85. The monoisotopic (exact) mass is 434 g/mol. The highest BCUT2D eigenvalue weighted by molar-refractivity contribution is 7.13. The van der Waals surface area contributed by atoms with Gasteiger partial charge in [0, 0.05) is 16.6 Å². The summed E-state index contributed by atoms with van der Waals surface area (Å²) in [6.45, 7) is 1.50. The van der Waals surface area contributed by atoms with E-state index < -0.39 is 30.2 Å². The van der Waals surface area contributed by atoms with Gasteiger partial charge in [0.25, 0.3) is 5.91 Å². The van der Waals surface area contributed by atoms with E-state index in [1.807, 2.05) is 19.1 Å². The molecule has 0 radical (unpaired) electrons. The molecule has 0 saturated carbocycles. The molecule has 0 fully saturated rings. The summed E-state index contributed by atoms with van der Waals surface area (Å²) in [5, 5.41) is 4.73. The van der Waals surface area contributed by atoms with Gasteiger partial charge in [-0.05, 0) is 31.2 Å². The Bertz CT molecular complexity index is 1030. The quantitative estimate of drug-likeness (QED) is 0.563. The normalized spacial score (nSPS) is 11.2. The number of halogens is 3. The minimum absolute atomic E-state index is 0.144. The van der Waals surface area contributed by atoms with E-state index in [0.717, 1.165) is 17.7 Å². The molecule has 0 spiro atoms. The highest BCUT2D eigenvalue weighted by Gasteiger charge is 2.30. The van der Waals surface area contributed by atoms with Crippen molar-refractivity contribution in [3.05, 3.63) is 70.7 Å². The number of aryl methyl sites for hydroxylation is 1. The van der Waals surface area contributed by atoms with Gasteiger partial charge in [0.1, 0.15) is 5.01 Å². The maximum Gasteiger partial charge on any atom is 0.416 e. The molecule has 0 bridgehead atoms. The number of esters is 1. The molecule has 0 unspecified atom stereocenters. The van der Waals surface area contributed by atoms with Crippen LogP contribution in [0, 0.1) is 6.92 Å². The summed E-state index contributed by atoms with van der Waals surface area (Å²) in [5.74, 6) is -1.09. The zero-order chi connectivity index (χ0) is 21.7. The van der Waals surface area contributed by atoms with E-state index in [1.165, 1.54) is 23.5 Å². The molecule has 0 aliphatic heterocycles. The van der Waals surface area contributed by atoms with Crippen LogP contribution in [0.15, 0.2) is 53.9 Å². The summed E-state index contributed by atoms with van der Waals surface area (Å²) in [5.41, 5.74) is 1.85. The fourth-order valence-corrected chi connectivity index (χ4v) is 3.33. The van der Waals surface area contributed by atoms with Gasteiger partial charge in [0.05, 0.1) is 17.7 Å². The lowest BCUT2D eigenvalue weighted by atomic mass is 10.1. The van der Waals surface area contributed by atoms with Gasteiger partial charge in [-0.3, -0.25) is 9.59 Å². The Kier molecular flexibility index (Phi) is 6.51. The maximum absolute atomic E-state index is 12.6. The number of carbonyl (C=O) groups is 2. The Labute approximate surface area is 174 Å². The largest absolute Gasteiger partial charge is 0.455 e. The number of nitrogens with zero attached hydrogens (tertiary/aromatic N) is 1. The van der Waals surface area contributed by atoms with E-state index in [1.54, 1.807) is 17.5 Å². The third-order valence-electron chi connectivity index (χ3n) is 4.04. The first kappa shape index (κ1) is 21.5. The van der Waals surface area contributed by atoms with Crippen molar-refractivity contribution >= 4 is 28.9 Å². The Morgan fingerprint density at radius 1 is 1.07 bits per heavy atom. The lowest BCUT2D eigenvalue weighted by molar-refractivity contribution is -0.146. The summed E-state index contributed by atoms with van der Waals surface area (Å²) in [4.78, 5) is 28.1. The topological polar surface area (TPSA) is 68.3 Å². The fraction of sp³-hybridized carbons (Fsp3) is 0.190. The van der Waals surface area contributed by atoms with Crippen LogP contribution in [0.3, 0.4) is 0 Å². The van der Waals surface area contributed by atoms with E-state index in [0.29, 0.717) is 22.0 Å². The van der Waals surface area contributed by atoms with Gasteiger partial charge >= 0.3 is 12.1 Å². The van der Waals surface area contributed by atoms with Gasteiger partial charge in [-0.2, -0.15) is 13.2 Å². The van der Waals surface area contributed by atoms with Gasteiger partial charge < -0.3 is 10.1 Å². The van der Waals surface area contributed by atoms with Gasteiger partial charge in [-0.1, -0.05) is 29.8 Å². The van der Waals surface area contributed by atoms with Gasteiger partial charge in [-0.15, -0.1) is 11.3 Å². The number of amides is 1. The molecule has 1 aromatic heterocycles. The lowest BCUT2D eigenvalue weighted by Crippen LogP contribution is -2.21. The number of hydrogen-bond acceptors (Lipinski definition) is 5. The van der Waals surface area contributed by atoms with Crippen LogP contribution in [0.5, 0.6) is 0 Å². The maximum atomic E-state index is 12.6. The minimum atomic E-state index is -4.40. The van der Waals surface area contributed by atoms with Crippen molar-refractivity contribution in [3.8, 4) is 10.6 Å². The third-order valence-corrected chi connectivity index (χ3v) is 4.98. The van der Waals surface area contributed by atoms with Crippen LogP contribution in [0.25, 0.3) is 10.6 Å². The van der Waals surface area contributed by atoms with Gasteiger partial charge in [0.15, 0.2) is 6.61 Å². The van der Waals surface area contributed by atoms with E-state index in [4.69, 9.17) is 4.74 Å². The van der Waals surface area contributed by atoms with Crippen molar-refractivity contribution in [2.45, 2.75) is 19.5 Å². The average molecular weight is 434 g/mol. The van der Waals surface area contributed by atoms with Crippen molar-refractivity contribution in [1.82, 2.24) is 4.98 Å². The molecule has 1 heterocycles. The highest BCUT2D eigenvalue weighted by atomic mass is 32.1. The first-order valence-corrected chi connectivity index (χ1v) is 9.73. The number of hydrogen-bond donors (Lipinski definition) is 1. The van der Waals surface area contributed by atoms with Crippen molar-refractivity contribution in [2.24, 2.45) is 0 Å². The summed E-state index contributed by atoms with van der Waals surface area (Å²) in [7, 11) is 0. The number of anilines is 1. The van der Waals surface area contributed by atoms with Crippen LogP contribution in [-0.2, 0) is 26.9 Å². The van der Waals surface area contributed by atoms with Crippen LogP contribution >= 0.6 is 11.3 Å². The number of carbonyl (C=O) groups excluding carboxylic acids is 2. The van der Waals surface area contributed by atoms with E-state index in [2.05, 4.69) is 10.3 Å². The lowest BCUT2D eigenvalue weighted by Gasteiger charge is -2.06. The average Bonchev–Trinajstić information content (AvgIpc) is 3.16. The van der Waals surface area contributed by atoms with Crippen LogP contribution < -0.4 is 5.32 Å². The Hall–Kier alpha value is -3.20. The number of thiazole rings is 1. The Balaban J connectivity index is 1.51. The molecule has 9 heteroatoms. The zero-order valence-electron chi connectivity index (χ0n) is 15.8. The molecule has 5 nitrogen and oxygen atoms in total. The first-order chi connectivity index (χ1) is 14.2. The fourth-order valence-electron chi connectivity index (χ4n) is 2.50. The molecule has 0 saturated heterocycles. The van der Waals surface area contributed by atoms with Crippen molar-refractivity contribution < 1.29 is 27.5 Å². The summed E-state index contributed by atoms with van der Waals surface area (Å²) in [6, 6.07) is 11.8. The number of benzene rings is 2. The second-order valence-corrected chi connectivity index (χ2v) is 7.33. The number of nitrogens with one attached hydrogen (secondary N) is 1. The molecule has 2 aromatic carbocycles. The van der Waals surface area contributed by atoms with E-state index >= 15 is 0 Å². The van der Waals surface area contributed by atoms with E-state index in [9.17, 15) is 22.8 Å². The van der Waals surface area contributed by atoms with Gasteiger partial charge in [0.2, 0.25) is 0 Å². The molecular formula is C21H17F3N2O3S. The van der Waals surface area contributed by atoms with Crippen LogP contribution in [0.2, 0.25) is 0 Å². The van der Waals surface area contributed by atoms with Crippen LogP contribution in [0.1, 0.15) is 16.8 Å².